The molecule has 94 valence electrons. The predicted octanol–water partition coefficient (Wildman–Crippen LogP) is 3.17. The summed E-state index contributed by atoms with van der Waals surface area (Å²) in [5.41, 5.74) is 0.717. The fourth-order valence-electron chi connectivity index (χ4n) is 3.35. The second-order valence-electron chi connectivity index (χ2n) is 5.34. The molecule has 1 aliphatic carbocycles. The molecular formula is C13H18BrNOS. The van der Waals surface area contributed by atoms with Gasteiger partial charge in [-0.25, -0.2) is 0 Å². The molecule has 1 aromatic heterocycles. The van der Waals surface area contributed by atoms with Gasteiger partial charge in [-0.3, -0.25) is 0 Å². The summed E-state index contributed by atoms with van der Waals surface area (Å²) in [6, 6.07) is 4.46. The van der Waals surface area contributed by atoms with Crippen molar-refractivity contribution in [1.82, 2.24) is 5.32 Å². The molecule has 0 bridgehead atoms. The highest BCUT2D eigenvalue weighted by Crippen LogP contribution is 2.59. The number of rotatable bonds is 4. The van der Waals surface area contributed by atoms with Crippen LogP contribution in [-0.4, -0.2) is 26.8 Å². The summed E-state index contributed by atoms with van der Waals surface area (Å²) < 4.78 is 6.83. The Hall–Kier alpha value is 0.1000. The smallest absolute Gasteiger partial charge is 0.0701 e. The summed E-state index contributed by atoms with van der Waals surface area (Å²) >= 11 is 5.47. The first-order valence-electron chi connectivity index (χ1n) is 6.21. The van der Waals surface area contributed by atoms with Crippen LogP contribution in [0, 0.1) is 5.41 Å². The van der Waals surface area contributed by atoms with E-state index in [2.05, 4.69) is 40.4 Å². The third kappa shape index (κ3) is 1.65. The number of ether oxygens (including phenoxy) is 1. The molecule has 1 aliphatic heterocycles. The van der Waals surface area contributed by atoms with Crippen molar-refractivity contribution in [2.75, 3.05) is 26.8 Å². The first-order valence-corrected chi connectivity index (χ1v) is 7.82. The Morgan fingerprint density at radius 2 is 2.18 bits per heavy atom. The molecule has 0 unspecified atom stereocenters. The standard InChI is InChI=1S/C13H18BrNOS/c1-15-7-12(5-2-6-12)13(8-16-9-13)10-3-4-11(14)17-10/h3-4,15H,2,5-9H2,1H3. The summed E-state index contributed by atoms with van der Waals surface area (Å²) in [6.45, 7) is 2.93. The topological polar surface area (TPSA) is 21.3 Å². The zero-order valence-corrected chi connectivity index (χ0v) is 12.5. The maximum atomic E-state index is 5.59. The first-order chi connectivity index (χ1) is 8.22. The molecule has 2 heterocycles. The van der Waals surface area contributed by atoms with Crippen LogP contribution in [-0.2, 0) is 10.2 Å². The van der Waals surface area contributed by atoms with Crippen molar-refractivity contribution in [2.45, 2.75) is 24.7 Å². The lowest BCUT2D eigenvalue weighted by atomic mass is 9.51. The lowest BCUT2D eigenvalue weighted by Crippen LogP contribution is -2.64. The molecule has 4 heteroatoms. The van der Waals surface area contributed by atoms with E-state index in [9.17, 15) is 0 Å². The number of hydrogen-bond acceptors (Lipinski definition) is 3. The molecule has 1 aromatic rings. The molecule has 0 aromatic carbocycles. The van der Waals surface area contributed by atoms with Crippen molar-refractivity contribution >= 4 is 27.3 Å². The number of thiophene rings is 1. The molecule has 0 spiro atoms. The average Bonchev–Trinajstić information content (AvgIpc) is 2.59. The molecule has 0 amide bonds. The minimum absolute atomic E-state index is 0.283. The van der Waals surface area contributed by atoms with E-state index in [1.807, 2.05) is 11.3 Å². The van der Waals surface area contributed by atoms with Crippen molar-refractivity contribution in [3.63, 3.8) is 0 Å². The van der Waals surface area contributed by atoms with Gasteiger partial charge in [-0.05, 0) is 53.4 Å². The van der Waals surface area contributed by atoms with Gasteiger partial charge in [-0.2, -0.15) is 0 Å². The second kappa shape index (κ2) is 4.34. The van der Waals surface area contributed by atoms with E-state index < -0.39 is 0 Å². The van der Waals surface area contributed by atoms with Crippen molar-refractivity contribution in [3.8, 4) is 0 Å². The SMILES string of the molecule is CNCC1(C2(c3ccc(Br)s3)COC2)CCC1. The highest BCUT2D eigenvalue weighted by atomic mass is 79.9. The molecule has 1 saturated heterocycles. The summed E-state index contributed by atoms with van der Waals surface area (Å²) in [5.74, 6) is 0. The largest absolute Gasteiger partial charge is 0.379 e. The van der Waals surface area contributed by atoms with Gasteiger partial charge in [0, 0.05) is 11.4 Å². The van der Waals surface area contributed by atoms with Crippen LogP contribution < -0.4 is 5.32 Å². The van der Waals surface area contributed by atoms with Gasteiger partial charge in [0.2, 0.25) is 0 Å². The third-order valence-electron chi connectivity index (χ3n) is 4.58. The van der Waals surface area contributed by atoms with Crippen LogP contribution in [0.2, 0.25) is 0 Å². The highest BCUT2D eigenvalue weighted by molar-refractivity contribution is 9.11. The van der Waals surface area contributed by atoms with E-state index in [-0.39, 0.29) is 5.41 Å². The third-order valence-corrected chi connectivity index (χ3v) is 6.41. The van der Waals surface area contributed by atoms with Crippen LogP contribution in [0.5, 0.6) is 0 Å². The van der Waals surface area contributed by atoms with Gasteiger partial charge in [-0.15, -0.1) is 11.3 Å². The molecule has 2 nitrogen and oxygen atoms in total. The Labute approximate surface area is 115 Å². The molecule has 3 rings (SSSR count). The summed E-state index contributed by atoms with van der Waals surface area (Å²) in [6.07, 6.45) is 4.05. The van der Waals surface area contributed by atoms with E-state index >= 15 is 0 Å². The van der Waals surface area contributed by atoms with E-state index in [0.717, 1.165) is 19.8 Å². The van der Waals surface area contributed by atoms with Crippen LogP contribution in [0.25, 0.3) is 0 Å². The molecule has 0 radical (unpaired) electrons. The Morgan fingerprint density at radius 1 is 1.41 bits per heavy atom. The molecule has 17 heavy (non-hydrogen) atoms. The van der Waals surface area contributed by atoms with Gasteiger partial charge < -0.3 is 10.1 Å². The number of hydrogen-bond donors (Lipinski definition) is 1. The van der Waals surface area contributed by atoms with Gasteiger partial charge in [0.25, 0.3) is 0 Å². The molecule has 1 N–H and O–H groups in total. The lowest BCUT2D eigenvalue weighted by molar-refractivity contribution is -0.154. The fraction of sp³-hybridized carbons (Fsp3) is 0.692. The van der Waals surface area contributed by atoms with Gasteiger partial charge in [0.05, 0.1) is 22.4 Å². The van der Waals surface area contributed by atoms with Crippen molar-refractivity contribution in [1.29, 1.82) is 0 Å². The van der Waals surface area contributed by atoms with Crippen molar-refractivity contribution < 1.29 is 4.74 Å². The molecule has 2 fully saturated rings. The maximum Gasteiger partial charge on any atom is 0.0701 e. The van der Waals surface area contributed by atoms with Gasteiger partial charge in [0.1, 0.15) is 0 Å². The van der Waals surface area contributed by atoms with Gasteiger partial charge in [0.15, 0.2) is 0 Å². The van der Waals surface area contributed by atoms with Crippen LogP contribution in [0.3, 0.4) is 0 Å². The lowest BCUT2D eigenvalue weighted by Gasteiger charge is -2.59. The Kier molecular flexibility index (Phi) is 3.10. The quantitative estimate of drug-likeness (QED) is 0.921. The minimum atomic E-state index is 0.283. The monoisotopic (exact) mass is 315 g/mol. The minimum Gasteiger partial charge on any atom is -0.379 e. The van der Waals surface area contributed by atoms with E-state index in [1.165, 1.54) is 27.9 Å². The van der Waals surface area contributed by atoms with E-state index in [0.29, 0.717) is 5.41 Å². The first kappa shape index (κ1) is 12.2. The van der Waals surface area contributed by atoms with E-state index in [4.69, 9.17) is 4.74 Å². The average molecular weight is 316 g/mol. The van der Waals surface area contributed by atoms with Crippen LogP contribution in [0.1, 0.15) is 24.1 Å². The second-order valence-corrected chi connectivity index (χ2v) is 7.81. The Bertz CT molecular complexity index is 409. The zero-order valence-electron chi connectivity index (χ0n) is 10.1. The maximum absolute atomic E-state index is 5.59. The Morgan fingerprint density at radius 3 is 2.53 bits per heavy atom. The summed E-state index contributed by atoms with van der Waals surface area (Å²) in [7, 11) is 2.07. The Balaban J connectivity index is 1.96. The highest BCUT2D eigenvalue weighted by Gasteiger charge is 2.59. The summed E-state index contributed by atoms with van der Waals surface area (Å²) in [4.78, 5) is 1.51. The van der Waals surface area contributed by atoms with Crippen LogP contribution in [0.15, 0.2) is 15.9 Å². The molecule has 2 aliphatic rings. The fourth-order valence-corrected chi connectivity index (χ4v) is 5.02. The molecular weight excluding hydrogens is 298 g/mol. The number of nitrogens with one attached hydrogen (secondary N) is 1. The summed E-state index contributed by atoms with van der Waals surface area (Å²) in [5, 5.41) is 3.40. The van der Waals surface area contributed by atoms with Crippen molar-refractivity contribution in [2.24, 2.45) is 5.41 Å². The van der Waals surface area contributed by atoms with Gasteiger partial charge in [-0.1, -0.05) is 6.42 Å². The molecule has 1 saturated carbocycles. The van der Waals surface area contributed by atoms with Crippen molar-refractivity contribution in [3.05, 3.63) is 20.8 Å². The van der Waals surface area contributed by atoms with Crippen LogP contribution >= 0.6 is 27.3 Å². The predicted molar refractivity (Wildman–Crippen MR) is 74.7 cm³/mol. The number of halogens is 1. The van der Waals surface area contributed by atoms with Gasteiger partial charge >= 0.3 is 0 Å². The van der Waals surface area contributed by atoms with E-state index in [1.54, 1.807) is 0 Å². The zero-order chi connectivity index (χ0) is 11.9. The molecule has 0 atom stereocenters. The normalized spacial score (nSPS) is 25.1. The van der Waals surface area contributed by atoms with Crippen LogP contribution in [0.4, 0.5) is 0 Å².